The van der Waals surface area contributed by atoms with Crippen molar-refractivity contribution in [1.82, 2.24) is 0 Å². The van der Waals surface area contributed by atoms with Gasteiger partial charge in [-0.25, -0.2) is 0 Å². The molecule has 0 fully saturated rings. The third-order valence-electron chi connectivity index (χ3n) is 5.85. The molecule has 0 heterocycles. The minimum atomic E-state index is 1.29. The lowest BCUT2D eigenvalue weighted by atomic mass is 9.92. The van der Waals surface area contributed by atoms with Gasteiger partial charge in [0.15, 0.2) is 0 Å². The fourth-order valence-electron chi connectivity index (χ4n) is 4.31. The van der Waals surface area contributed by atoms with Gasteiger partial charge in [0.05, 0.1) is 0 Å². The maximum Gasteiger partial charge on any atom is 0.0131 e. The van der Waals surface area contributed by atoms with Gasteiger partial charge in [-0.05, 0) is 47.9 Å². The molecule has 0 saturated carbocycles. The van der Waals surface area contributed by atoms with Crippen molar-refractivity contribution >= 4 is 6.08 Å². The van der Waals surface area contributed by atoms with Gasteiger partial charge in [-0.15, -0.1) is 0 Å². The molecule has 0 aromatic heterocycles. The molecule has 1 radical (unpaired) electrons. The first-order valence-electron chi connectivity index (χ1n) is 10.6. The van der Waals surface area contributed by atoms with E-state index >= 15 is 0 Å². The first-order chi connectivity index (χ1) is 11.9. The molecule has 3 rings (SSSR count). The summed E-state index contributed by atoms with van der Waals surface area (Å²) in [5, 5.41) is 0. The summed E-state index contributed by atoms with van der Waals surface area (Å²) >= 11 is 0. The topological polar surface area (TPSA) is 0 Å². The Bertz CT molecular complexity index is 523. The highest BCUT2D eigenvalue weighted by Gasteiger charge is 2.11. The summed E-state index contributed by atoms with van der Waals surface area (Å²) in [7, 11) is 0. The third kappa shape index (κ3) is 5.50. The van der Waals surface area contributed by atoms with Crippen molar-refractivity contribution in [2.75, 3.05) is 0 Å². The smallest absolute Gasteiger partial charge is 0.0131 e. The molecule has 0 nitrogen and oxygen atoms in total. The molecule has 131 valence electrons. The Kier molecular flexibility index (Phi) is 7.45. The normalized spacial score (nSPS) is 21.0. The second kappa shape index (κ2) is 10.1. The van der Waals surface area contributed by atoms with Crippen LogP contribution in [0.15, 0.2) is 18.2 Å². The van der Waals surface area contributed by atoms with Gasteiger partial charge >= 0.3 is 0 Å². The molecule has 0 bridgehead atoms. The molecule has 1 aromatic rings. The van der Waals surface area contributed by atoms with E-state index in [0.717, 1.165) is 0 Å². The molecule has 0 unspecified atom stereocenters. The Hall–Kier alpha value is -1.04. The second-order valence-electron chi connectivity index (χ2n) is 7.87. The largest absolute Gasteiger partial charge is 0.0755 e. The van der Waals surface area contributed by atoms with Crippen LogP contribution in [0.5, 0.6) is 0 Å². The quantitative estimate of drug-likeness (QED) is 0.465. The van der Waals surface area contributed by atoms with Crippen LogP contribution in [0.2, 0.25) is 0 Å². The average molecular weight is 324 g/mol. The zero-order valence-corrected chi connectivity index (χ0v) is 15.5. The van der Waals surface area contributed by atoms with Gasteiger partial charge in [-0.2, -0.15) is 0 Å². The molecule has 0 spiro atoms. The summed E-state index contributed by atoms with van der Waals surface area (Å²) in [4.78, 5) is 0. The van der Waals surface area contributed by atoms with E-state index in [1.165, 1.54) is 107 Å². The van der Waals surface area contributed by atoms with Crippen molar-refractivity contribution in [3.8, 4) is 0 Å². The Balaban J connectivity index is 1.61. The van der Waals surface area contributed by atoms with E-state index in [1.54, 1.807) is 11.1 Å². The van der Waals surface area contributed by atoms with Crippen molar-refractivity contribution in [2.24, 2.45) is 0 Å². The highest BCUT2D eigenvalue weighted by Crippen LogP contribution is 2.28. The highest BCUT2D eigenvalue weighted by molar-refractivity contribution is 5.66. The summed E-state index contributed by atoms with van der Waals surface area (Å²) in [6.07, 6.45) is 28.0. The van der Waals surface area contributed by atoms with Crippen LogP contribution in [0.4, 0.5) is 0 Å². The van der Waals surface area contributed by atoms with Crippen LogP contribution in [0.25, 0.3) is 6.08 Å². The number of benzene rings is 1. The molecule has 0 saturated heterocycles. The SMILES string of the molecule is [CH]1C=Cc2cc3c(cc21)CCCCCCCCCCCCCCC3. The molecule has 0 atom stereocenters. The summed E-state index contributed by atoms with van der Waals surface area (Å²) < 4.78 is 0. The number of hydrogen-bond acceptors (Lipinski definition) is 0. The van der Waals surface area contributed by atoms with Crippen LogP contribution >= 0.6 is 0 Å². The first kappa shape index (κ1) is 17.8. The molecular weight excluding hydrogens is 288 g/mol. The fourth-order valence-corrected chi connectivity index (χ4v) is 4.31. The monoisotopic (exact) mass is 323 g/mol. The van der Waals surface area contributed by atoms with Crippen molar-refractivity contribution < 1.29 is 0 Å². The third-order valence-corrected chi connectivity index (χ3v) is 5.85. The van der Waals surface area contributed by atoms with E-state index in [9.17, 15) is 0 Å². The van der Waals surface area contributed by atoms with Gasteiger partial charge in [0.2, 0.25) is 0 Å². The Morgan fingerprint density at radius 3 is 1.38 bits per heavy atom. The maximum absolute atomic E-state index is 2.48. The fraction of sp³-hybridized carbons (Fsp3) is 0.625. The molecule has 2 aliphatic rings. The van der Waals surface area contributed by atoms with Crippen LogP contribution in [0.3, 0.4) is 0 Å². The van der Waals surface area contributed by atoms with Crippen LogP contribution in [0.1, 0.15) is 106 Å². The van der Waals surface area contributed by atoms with Crippen LogP contribution in [0, 0.1) is 6.42 Å². The van der Waals surface area contributed by atoms with Gasteiger partial charge in [-0.3, -0.25) is 0 Å². The lowest BCUT2D eigenvalue weighted by Crippen LogP contribution is -1.98. The van der Waals surface area contributed by atoms with E-state index in [2.05, 4.69) is 30.7 Å². The maximum atomic E-state index is 2.48. The van der Waals surface area contributed by atoms with Crippen molar-refractivity contribution in [2.45, 2.75) is 96.3 Å². The van der Waals surface area contributed by atoms with Crippen LogP contribution < -0.4 is 0 Å². The van der Waals surface area contributed by atoms with E-state index in [1.807, 2.05) is 0 Å². The Morgan fingerprint density at radius 2 is 0.875 bits per heavy atom. The molecule has 0 heteroatoms. The number of allylic oxidation sites excluding steroid dienone is 1. The standard InChI is InChI=1S/C24H35/c1-2-4-6-8-10-12-15-21-19-23-17-14-18-24(23)20-22(21)16-13-11-9-7-5-3-1/h14,17-20H,1-13,15-16H2. The summed E-state index contributed by atoms with van der Waals surface area (Å²) in [5.41, 5.74) is 6.16. The number of aryl methyl sites for hydroxylation is 2. The van der Waals surface area contributed by atoms with E-state index in [4.69, 9.17) is 0 Å². The Morgan fingerprint density at radius 1 is 0.458 bits per heavy atom. The predicted octanol–water partition coefficient (Wildman–Crippen LogP) is 7.44. The number of fused-ring (bicyclic) bond motifs is 2. The van der Waals surface area contributed by atoms with Gasteiger partial charge in [0.25, 0.3) is 0 Å². The van der Waals surface area contributed by atoms with Gasteiger partial charge < -0.3 is 0 Å². The molecule has 0 N–H and O–H groups in total. The van der Waals surface area contributed by atoms with Crippen molar-refractivity contribution in [1.29, 1.82) is 0 Å². The van der Waals surface area contributed by atoms with Gasteiger partial charge in [0.1, 0.15) is 0 Å². The van der Waals surface area contributed by atoms with Crippen molar-refractivity contribution in [3.05, 3.63) is 46.9 Å². The molecule has 24 heavy (non-hydrogen) atoms. The van der Waals surface area contributed by atoms with Crippen LogP contribution in [-0.2, 0) is 12.8 Å². The highest BCUT2D eigenvalue weighted by atomic mass is 14.2. The summed E-state index contributed by atoms with van der Waals surface area (Å²) in [6.45, 7) is 0. The molecule has 1 aromatic carbocycles. The summed E-state index contributed by atoms with van der Waals surface area (Å²) in [5.74, 6) is 0. The van der Waals surface area contributed by atoms with Gasteiger partial charge in [0, 0.05) is 6.42 Å². The van der Waals surface area contributed by atoms with E-state index < -0.39 is 0 Å². The average Bonchev–Trinajstić information content (AvgIpc) is 3.04. The second-order valence-corrected chi connectivity index (χ2v) is 7.87. The minimum Gasteiger partial charge on any atom is -0.0755 e. The molecule has 0 amide bonds. The van der Waals surface area contributed by atoms with Gasteiger partial charge in [-0.1, -0.05) is 94.9 Å². The number of rotatable bonds is 0. The van der Waals surface area contributed by atoms with E-state index in [-0.39, 0.29) is 0 Å². The lowest BCUT2D eigenvalue weighted by molar-refractivity contribution is 0.539. The zero-order valence-electron chi connectivity index (χ0n) is 15.5. The summed E-state index contributed by atoms with van der Waals surface area (Å²) in [6, 6.07) is 4.97. The molecule has 0 aliphatic heterocycles. The predicted molar refractivity (Wildman–Crippen MR) is 106 cm³/mol. The number of hydrogen-bond donors (Lipinski definition) is 0. The van der Waals surface area contributed by atoms with Crippen LogP contribution in [-0.4, -0.2) is 0 Å². The Labute approximate surface area is 149 Å². The molecular formula is C24H35. The first-order valence-corrected chi connectivity index (χ1v) is 10.6. The minimum absolute atomic E-state index is 1.29. The van der Waals surface area contributed by atoms with Crippen molar-refractivity contribution in [3.63, 3.8) is 0 Å². The lowest BCUT2D eigenvalue weighted by Gasteiger charge is -2.13. The van der Waals surface area contributed by atoms with E-state index in [0.29, 0.717) is 0 Å². The molecule has 2 aliphatic carbocycles. The zero-order chi connectivity index (χ0) is 16.5.